The van der Waals surface area contributed by atoms with Crippen molar-refractivity contribution in [2.75, 3.05) is 0 Å². The molecule has 0 amide bonds. The molecule has 0 radical (unpaired) electrons. The topological polar surface area (TPSA) is 46.5 Å². The van der Waals surface area contributed by atoms with Gasteiger partial charge in [-0.25, -0.2) is 4.79 Å². The molecular weight excluding hydrogens is 240 g/mol. The minimum absolute atomic E-state index is 0.158. The Morgan fingerprint density at radius 1 is 1.21 bits per heavy atom. The summed E-state index contributed by atoms with van der Waals surface area (Å²) in [5.74, 6) is 0.411. The number of ether oxygens (including phenoxy) is 1. The maximum atomic E-state index is 12.0. The lowest BCUT2D eigenvalue weighted by Crippen LogP contribution is -2.54. The van der Waals surface area contributed by atoms with Crippen molar-refractivity contribution in [3.8, 4) is 0 Å². The van der Waals surface area contributed by atoms with E-state index in [1.54, 1.807) is 6.92 Å². The first-order chi connectivity index (χ1) is 8.97. The zero-order chi connectivity index (χ0) is 13.7. The van der Waals surface area contributed by atoms with Crippen LogP contribution in [0.15, 0.2) is 12.2 Å². The van der Waals surface area contributed by atoms with E-state index < -0.39 is 11.2 Å². The third kappa shape index (κ3) is 1.94. The Morgan fingerprint density at radius 2 is 1.89 bits per heavy atom. The number of esters is 1. The molecule has 0 aromatic heterocycles. The van der Waals surface area contributed by atoms with Crippen molar-refractivity contribution in [1.29, 1.82) is 0 Å². The fourth-order valence-corrected chi connectivity index (χ4v) is 4.91. The molecule has 0 aliphatic heterocycles. The maximum absolute atomic E-state index is 12.0. The second-order valence-electron chi connectivity index (χ2n) is 6.86. The molecule has 19 heavy (non-hydrogen) atoms. The lowest BCUT2D eigenvalue weighted by Gasteiger charge is -2.50. The number of rotatable bonds is 2. The number of hydrogen-bond acceptors (Lipinski definition) is 3. The Hall–Kier alpha value is -0.830. The summed E-state index contributed by atoms with van der Waals surface area (Å²) in [5.41, 5.74) is -0.532. The van der Waals surface area contributed by atoms with Gasteiger partial charge in [-0.15, -0.1) is 0 Å². The molecule has 106 valence electrons. The highest BCUT2D eigenvalue weighted by molar-refractivity contribution is 5.87. The highest BCUT2D eigenvalue weighted by atomic mass is 16.6. The van der Waals surface area contributed by atoms with Gasteiger partial charge in [0.05, 0.1) is 5.60 Å². The predicted molar refractivity (Wildman–Crippen MR) is 72.5 cm³/mol. The molecule has 3 heteroatoms. The molecule has 0 aromatic rings. The van der Waals surface area contributed by atoms with Crippen molar-refractivity contribution < 1.29 is 14.6 Å². The molecule has 4 atom stereocenters. The number of hydrogen-bond donors (Lipinski definition) is 1. The van der Waals surface area contributed by atoms with Crippen molar-refractivity contribution in [2.24, 2.45) is 11.8 Å². The van der Waals surface area contributed by atoms with Crippen molar-refractivity contribution in [2.45, 2.75) is 69.5 Å². The monoisotopic (exact) mass is 264 g/mol. The van der Waals surface area contributed by atoms with E-state index in [4.69, 9.17) is 4.74 Å². The van der Waals surface area contributed by atoms with E-state index in [1.807, 2.05) is 0 Å². The summed E-state index contributed by atoms with van der Waals surface area (Å²) in [4.78, 5) is 12.0. The molecule has 1 N–H and O–H groups in total. The van der Waals surface area contributed by atoms with Crippen molar-refractivity contribution >= 4 is 5.97 Å². The van der Waals surface area contributed by atoms with E-state index in [-0.39, 0.29) is 11.9 Å². The van der Waals surface area contributed by atoms with Crippen LogP contribution in [0.25, 0.3) is 0 Å². The second-order valence-corrected chi connectivity index (χ2v) is 6.86. The van der Waals surface area contributed by atoms with Gasteiger partial charge in [-0.05, 0) is 57.8 Å². The quantitative estimate of drug-likeness (QED) is 0.616. The molecule has 3 fully saturated rings. The molecule has 0 aromatic carbocycles. The normalized spacial score (nSPS) is 44.5. The van der Waals surface area contributed by atoms with E-state index in [0.717, 1.165) is 38.5 Å². The van der Waals surface area contributed by atoms with Gasteiger partial charge < -0.3 is 9.84 Å². The maximum Gasteiger partial charge on any atom is 0.333 e. The van der Waals surface area contributed by atoms with Gasteiger partial charge in [0.2, 0.25) is 0 Å². The third-order valence-electron chi connectivity index (χ3n) is 5.60. The van der Waals surface area contributed by atoms with Crippen LogP contribution in [0, 0.1) is 11.8 Å². The molecule has 3 saturated carbocycles. The summed E-state index contributed by atoms with van der Waals surface area (Å²) >= 11 is 0. The van der Waals surface area contributed by atoms with Gasteiger partial charge in [0.25, 0.3) is 0 Å². The summed E-state index contributed by atoms with van der Waals surface area (Å²) < 4.78 is 5.87. The molecule has 0 bridgehead atoms. The van der Waals surface area contributed by atoms with E-state index in [9.17, 15) is 9.90 Å². The van der Waals surface area contributed by atoms with Crippen LogP contribution in [0.2, 0.25) is 0 Å². The van der Waals surface area contributed by atoms with Crippen LogP contribution in [0.3, 0.4) is 0 Å². The number of carbonyl (C=O) groups excluding carboxylic acids is 1. The van der Waals surface area contributed by atoms with E-state index in [2.05, 4.69) is 6.58 Å². The molecular formula is C16H24O3. The van der Waals surface area contributed by atoms with Gasteiger partial charge in [0, 0.05) is 11.5 Å². The lowest BCUT2D eigenvalue weighted by molar-refractivity contribution is -0.183. The zero-order valence-electron chi connectivity index (χ0n) is 11.8. The molecule has 3 aliphatic rings. The minimum Gasteiger partial charge on any atom is -0.455 e. The van der Waals surface area contributed by atoms with Gasteiger partial charge in [0.15, 0.2) is 0 Å². The molecule has 3 rings (SSSR count). The van der Waals surface area contributed by atoms with E-state index in [1.165, 1.54) is 12.8 Å². The summed E-state index contributed by atoms with van der Waals surface area (Å²) in [6, 6.07) is 0. The van der Waals surface area contributed by atoms with Crippen molar-refractivity contribution in [3.63, 3.8) is 0 Å². The second kappa shape index (κ2) is 4.34. The van der Waals surface area contributed by atoms with Gasteiger partial charge in [0.1, 0.15) is 5.60 Å². The van der Waals surface area contributed by atoms with Crippen LogP contribution < -0.4 is 0 Å². The van der Waals surface area contributed by atoms with Gasteiger partial charge >= 0.3 is 5.97 Å². The first-order valence-corrected chi connectivity index (χ1v) is 7.58. The third-order valence-corrected chi connectivity index (χ3v) is 5.60. The predicted octanol–water partition coefficient (Wildman–Crippen LogP) is 2.97. The molecule has 3 nitrogen and oxygen atoms in total. The molecule has 3 aliphatic carbocycles. The Labute approximate surface area is 115 Å². The average Bonchev–Trinajstić information content (AvgIpc) is 2.65. The molecule has 0 saturated heterocycles. The Morgan fingerprint density at radius 3 is 2.58 bits per heavy atom. The minimum atomic E-state index is -0.585. The van der Waals surface area contributed by atoms with Crippen LogP contribution >= 0.6 is 0 Å². The fraction of sp³-hybridized carbons (Fsp3) is 0.812. The van der Waals surface area contributed by atoms with Gasteiger partial charge in [-0.3, -0.25) is 0 Å². The fourth-order valence-electron chi connectivity index (χ4n) is 4.91. The summed E-state index contributed by atoms with van der Waals surface area (Å²) in [6.45, 7) is 5.38. The highest BCUT2D eigenvalue weighted by Gasteiger charge is 2.63. The zero-order valence-corrected chi connectivity index (χ0v) is 11.8. The van der Waals surface area contributed by atoms with Gasteiger partial charge in [-0.1, -0.05) is 13.0 Å². The number of aliphatic hydroxyl groups is 1. The summed E-state index contributed by atoms with van der Waals surface area (Å²) in [7, 11) is 0. The molecule has 0 spiro atoms. The van der Waals surface area contributed by atoms with Crippen molar-refractivity contribution in [1.82, 2.24) is 0 Å². The summed E-state index contributed by atoms with van der Waals surface area (Å²) in [6.07, 6.45) is 7.99. The van der Waals surface area contributed by atoms with Crippen LogP contribution in [-0.4, -0.2) is 22.3 Å². The van der Waals surface area contributed by atoms with Crippen LogP contribution in [0.4, 0.5) is 0 Å². The van der Waals surface area contributed by atoms with Gasteiger partial charge in [-0.2, -0.15) is 0 Å². The standard InChI is InChI=1S/C16H24O3/c1-11(2)14(17)19-16-8-4-6-12-5-3-7-15(18,9-10-16)13(12)16/h12-13,18H,1,3-10H2,2H3. The molecule has 0 heterocycles. The number of carbonyl (C=O) groups is 1. The largest absolute Gasteiger partial charge is 0.455 e. The smallest absolute Gasteiger partial charge is 0.333 e. The van der Waals surface area contributed by atoms with E-state index >= 15 is 0 Å². The van der Waals surface area contributed by atoms with Crippen LogP contribution in [0.1, 0.15) is 58.3 Å². The van der Waals surface area contributed by atoms with E-state index in [0.29, 0.717) is 11.5 Å². The first kappa shape index (κ1) is 13.2. The summed E-state index contributed by atoms with van der Waals surface area (Å²) in [5, 5.41) is 10.9. The Balaban J connectivity index is 1.91. The first-order valence-electron chi connectivity index (χ1n) is 7.58. The van der Waals surface area contributed by atoms with Crippen LogP contribution in [0.5, 0.6) is 0 Å². The van der Waals surface area contributed by atoms with Crippen LogP contribution in [-0.2, 0) is 9.53 Å². The highest BCUT2D eigenvalue weighted by Crippen LogP contribution is 2.60. The molecule has 4 unspecified atom stereocenters. The van der Waals surface area contributed by atoms with Crippen molar-refractivity contribution in [3.05, 3.63) is 12.2 Å². The lowest BCUT2D eigenvalue weighted by atomic mass is 9.61. The average molecular weight is 264 g/mol. The Bertz CT molecular complexity index is 414. The SMILES string of the molecule is C=C(C)C(=O)OC12CCCC3CCCC(O)(CC1)C32. The Kier molecular flexibility index (Phi) is 3.01.